The van der Waals surface area contributed by atoms with E-state index in [1.54, 1.807) is 0 Å². The lowest BCUT2D eigenvalue weighted by Crippen LogP contribution is -2.39. The maximum Gasteiger partial charge on any atom is 0.263 e. The van der Waals surface area contributed by atoms with Gasteiger partial charge < -0.3 is 5.32 Å². The first kappa shape index (κ1) is 14.4. The molecule has 0 aromatic carbocycles. The highest BCUT2D eigenvalue weighted by molar-refractivity contribution is 7.89. The minimum atomic E-state index is -3.85. The number of hydrogen-bond acceptors (Lipinski definition) is 4. The van der Waals surface area contributed by atoms with Gasteiger partial charge in [-0.25, -0.2) is 17.8 Å². The van der Waals surface area contributed by atoms with Crippen molar-refractivity contribution in [3.63, 3.8) is 0 Å². The van der Waals surface area contributed by atoms with Crippen molar-refractivity contribution in [2.75, 3.05) is 26.7 Å². The van der Waals surface area contributed by atoms with Crippen LogP contribution in [0.25, 0.3) is 0 Å². The van der Waals surface area contributed by atoms with E-state index in [0.29, 0.717) is 6.54 Å². The number of pyridine rings is 1. The molecule has 1 aliphatic heterocycles. The Bertz CT molecular complexity index is 530. The highest BCUT2D eigenvalue weighted by Crippen LogP contribution is 2.18. The zero-order valence-electron chi connectivity index (χ0n) is 10.8. The van der Waals surface area contributed by atoms with Gasteiger partial charge in [0.2, 0.25) is 5.03 Å². The second kappa shape index (κ2) is 5.94. The number of piperidine rings is 1. The number of nitrogens with zero attached hydrogens (tertiary/aromatic N) is 2. The van der Waals surface area contributed by atoms with E-state index in [1.165, 1.54) is 23.6 Å². The van der Waals surface area contributed by atoms with Crippen LogP contribution in [-0.4, -0.2) is 44.4 Å². The summed E-state index contributed by atoms with van der Waals surface area (Å²) in [4.78, 5) is 3.64. The van der Waals surface area contributed by atoms with Crippen molar-refractivity contribution in [1.29, 1.82) is 0 Å². The zero-order chi connectivity index (χ0) is 13.9. The fourth-order valence-corrected chi connectivity index (χ4v) is 3.46. The SMILES string of the molecule is CN(CC1CCCNC1)S(=O)(=O)c1ncccc1F. The van der Waals surface area contributed by atoms with E-state index in [-0.39, 0.29) is 5.92 Å². The van der Waals surface area contributed by atoms with Crippen LogP contribution >= 0.6 is 0 Å². The van der Waals surface area contributed by atoms with Crippen molar-refractivity contribution in [3.8, 4) is 0 Å². The van der Waals surface area contributed by atoms with Gasteiger partial charge in [0, 0.05) is 19.8 Å². The van der Waals surface area contributed by atoms with Crippen molar-refractivity contribution in [3.05, 3.63) is 24.1 Å². The molecule has 5 nitrogen and oxygen atoms in total. The third-order valence-corrected chi connectivity index (χ3v) is 5.05. The van der Waals surface area contributed by atoms with E-state index in [2.05, 4.69) is 10.3 Å². The predicted molar refractivity (Wildman–Crippen MR) is 69.6 cm³/mol. The molecular weight excluding hydrogens is 269 g/mol. The van der Waals surface area contributed by atoms with Crippen LogP contribution in [0.2, 0.25) is 0 Å². The molecular formula is C12H18FN3O2S. The van der Waals surface area contributed by atoms with E-state index in [0.717, 1.165) is 32.0 Å². The number of rotatable bonds is 4. The average Bonchev–Trinajstić information content (AvgIpc) is 2.40. The van der Waals surface area contributed by atoms with Gasteiger partial charge in [-0.3, -0.25) is 0 Å². The van der Waals surface area contributed by atoms with Crippen LogP contribution in [0.4, 0.5) is 4.39 Å². The van der Waals surface area contributed by atoms with Crippen LogP contribution in [0, 0.1) is 11.7 Å². The summed E-state index contributed by atoms with van der Waals surface area (Å²) in [5.74, 6) is -0.545. The van der Waals surface area contributed by atoms with Gasteiger partial charge in [-0.1, -0.05) is 0 Å². The molecule has 1 aliphatic rings. The summed E-state index contributed by atoms with van der Waals surface area (Å²) in [6.07, 6.45) is 3.31. The maximum absolute atomic E-state index is 13.5. The summed E-state index contributed by atoms with van der Waals surface area (Å²) < 4.78 is 39.2. The lowest BCUT2D eigenvalue weighted by molar-refractivity contribution is 0.313. The van der Waals surface area contributed by atoms with Crippen molar-refractivity contribution in [1.82, 2.24) is 14.6 Å². The van der Waals surface area contributed by atoms with E-state index >= 15 is 0 Å². The monoisotopic (exact) mass is 287 g/mol. The van der Waals surface area contributed by atoms with Crippen molar-refractivity contribution in [2.24, 2.45) is 5.92 Å². The van der Waals surface area contributed by atoms with Gasteiger partial charge in [-0.15, -0.1) is 0 Å². The Balaban J connectivity index is 2.13. The van der Waals surface area contributed by atoms with Crippen LogP contribution in [0.3, 0.4) is 0 Å². The molecule has 0 amide bonds. The first-order valence-electron chi connectivity index (χ1n) is 6.29. The third-order valence-electron chi connectivity index (χ3n) is 3.29. The fourth-order valence-electron chi connectivity index (χ4n) is 2.25. The maximum atomic E-state index is 13.5. The topological polar surface area (TPSA) is 62.3 Å². The number of halogens is 1. The molecule has 0 radical (unpaired) electrons. The largest absolute Gasteiger partial charge is 0.316 e. The molecule has 0 spiro atoms. The second-order valence-electron chi connectivity index (χ2n) is 4.79. The molecule has 2 rings (SSSR count). The van der Waals surface area contributed by atoms with E-state index in [9.17, 15) is 12.8 Å². The number of hydrogen-bond donors (Lipinski definition) is 1. The summed E-state index contributed by atoms with van der Waals surface area (Å²) >= 11 is 0. The van der Waals surface area contributed by atoms with Gasteiger partial charge in [0.15, 0.2) is 5.82 Å². The second-order valence-corrected chi connectivity index (χ2v) is 6.75. The first-order chi connectivity index (χ1) is 9.01. The third kappa shape index (κ3) is 3.29. The smallest absolute Gasteiger partial charge is 0.263 e. The summed E-state index contributed by atoms with van der Waals surface area (Å²) in [5, 5.41) is 2.73. The molecule has 1 aromatic rings. The lowest BCUT2D eigenvalue weighted by atomic mass is 10.00. The lowest BCUT2D eigenvalue weighted by Gasteiger charge is -2.27. The van der Waals surface area contributed by atoms with Crippen LogP contribution in [0.15, 0.2) is 23.4 Å². The van der Waals surface area contributed by atoms with E-state index in [1.807, 2.05) is 0 Å². The standard InChI is InChI=1S/C12H18FN3O2S/c1-16(9-10-4-2-6-14-8-10)19(17,18)12-11(13)5-3-7-15-12/h3,5,7,10,14H,2,4,6,8-9H2,1H3. The van der Waals surface area contributed by atoms with Crippen molar-refractivity contribution >= 4 is 10.0 Å². The van der Waals surface area contributed by atoms with Crippen molar-refractivity contribution < 1.29 is 12.8 Å². The number of aromatic nitrogens is 1. The van der Waals surface area contributed by atoms with Gasteiger partial charge >= 0.3 is 0 Å². The Hall–Kier alpha value is -1.05. The van der Waals surface area contributed by atoms with Crippen LogP contribution in [0.1, 0.15) is 12.8 Å². The Morgan fingerprint density at radius 1 is 1.58 bits per heavy atom. The molecule has 0 bridgehead atoms. The number of sulfonamides is 1. The van der Waals surface area contributed by atoms with E-state index < -0.39 is 20.9 Å². The molecule has 1 fully saturated rings. The highest BCUT2D eigenvalue weighted by Gasteiger charge is 2.28. The summed E-state index contributed by atoms with van der Waals surface area (Å²) in [6, 6.07) is 2.48. The molecule has 1 saturated heterocycles. The van der Waals surface area contributed by atoms with Gasteiger partial charge in [0.05, 0.1) is 0 Å². The van der Waals surface area contributed by atoms with Gasteiger partial charge in [0.1, 0.15) is 0 Å². The van der Waals surface area contributed by atoms with Gasteiger partial charge in [0.25, 0.3) is 10.0 Å². The fraction of sp³-hybridized carbons (Fsp3) is 0.583. The Kier molecular flexibility index (Phi) is 4.49. The predicted octanol–water partition coefficient (Wildman–Crippen LogP) is 0.841. The highest BCUT2D eigenvalue weighted by atomic mass is 32.2. The van der Waals surface area contributed by atoms with Crippen LogP contribution < -0.4 is 5.32 Å². The Morgan fingerprint density at radius 2 is 2.37 bits per heavy atom. The molecule has 0 aliphatic carbocycles. The molecule has 0 saturated carbocycles. The summed E-state index contributed by atoms with van der Waals surface area (Å²) in [5.41, 5.74) is 0. The first-order valence-corrected chi connectivity index (χ1v) is 7.73. The normalized spacial score (nSPS) is 20.7. The van der Waals surface area contributed by atoms with Gasteiger partial charge in [-0.2, -0.15) is 4.31 Å². The molecule has 2 heterocycles. The van der Waals surface area contributed by atoms with E-state index in [4.69, 9.17) is 0 Å². The minimum absolute atomic E-state index is 0.264. The van der Waals surface area contributed by atoms with Crippen molar-refractivity contribution in [2.45, 2.75) is 17.9 Å². The molecule has 1 aromatic heterocycles. The zero-order valence-corrected chi connectivity index (χ0v) is 11.7. The molecule has 1 unspecified atom stereocenters. The molecule has 1 N–H and O–H groups in total. The van der Waals surface area contributed by atoms with Crippen LogP contribution in [0.5, 0.6) is 0 Å². The van der Waals surface area contributed by atoms with Crippen LogP contribution in [-0.2, 0) is 10.0 Å². The molecule has 106 valence electrons. The molecule has 1 atom stereocenters. The Morgan fingerprint density at radius 3 is 3.00 bits per heavy atom. The summed E-state index contributed by atoms with van der Waals surface area (Å²) in [6.45, 7) is 2.15. The molecule has 7 heteroatoms. The average molecular weight is 287 g/mol. The minimum Gasteiger partial charge on any atom is -0.316 e. The number of nitrogens with one attached hydrogen (secondary N) is 1. The molecule has 19 heavy (non-hydrogen) atoms. The Labute approximate surface area is 112 Å². The van der Waals surface area contributed by atoms with Gasteiger partial charge in [-0.05, 0) is 44.0 Å². The summed E-state index contributed by atoms with van der Waals surface area (Å²) in [7, 11) is -2.38. The quantitative estimate of drug-likeness (QED) is 0.891.